The van der Waals surface area contributed by atoms with Crippen LogP contribution in [0.4, 0.5) is 13.6 Å². The van der Waals surface area contributed by atoms with Crippen molar-refractivity contribution < 1.29 is 18.3 Å². The Hall–Kier alpha value is -2.67. The van der Waals surface area contributed by atoms with Crippen molar-refractivity contribution >= 4 is 6.03 Å². The highest BCUT2D eigenvalue weighted by atomic mass is 19.1. The maximum Gasteiger partial charge on any atom is 0.317 e. The van der Waals surface area contributed by atoms with E-state index in [9.17, 15) is 13.6 Å². The summed E-state index contributed by atoms with van der Waals surface area (Å²) in [6, 6.07) is 9.29. The van der Waals surface area contributed by atoms with Gasteiger partial charge in [0.25, 0.3) is 0 Å². The van der Waals surface area contributed by atoms with Gasteiger partial charge in [-0.05, 0) is 75.0 Å². The van der Waals surface area contributed by atoms with Gasteiger partial charge in [-0.1, -0.05) is 18.2 Å². The number of carbonyl (C=O) groups excluding carboxylic acids is 1. The minimum atomic E-state index is -0.624. The third-order valence-electron chi connectivity index (χ3n) is 6.40. The van der Waals surface area contributed by atoms with Crippen LogP contribution in [0, 0.1) is 17.6 Å². The second kappa shape index (κ2) is 10.3. The van der Waals surface area contributed by atoms with Gasteiger partial charge in [0, 0.05) is 24.7 Å². The zero-order chi connectivity index (χ0) is 22.5. The lowest BCUT2D eigenvalue weighted by molar-refractivity contribution is 0.154. The Kier molecular flexibility index (Phi) is 7.25. The van der Waals surface area contributed by atoms with Crippen LogP contribution in [-0.4, -0.2) is 49.1 Å². The van der Waals surface area contributed by atoms with Gasteiger partial charge in [0.1, 0.15) is 17.4 Å². The zero-order valence-electron chi connectivity index (χ0n) is 18.6. The fourth-order valence-electron chi connectivity index (χ4n) is 4.44. The largest absolute Gasteiger partial charge is 0.493 e. The number of halogens is 2. The molecule has 2 amide bonds. The summed E-state index contributed by atoms with van der Waals surface area (Å²) in [5.41, 5.74) is 2.50. The molecule has 32 heavy (non-hydrogen) atoms. The third kappa shape index (κ3) is 5.76. The number of nitrogens with zero attached hydrogens (tertiary/aromatic N) is 2. The van der Waals surface area contributed by atoms with E-state index in [4.69, 9.17) is 4.74 Å². The number of carbonyl (C=O) groups is 1. The Morgan fingerprint density at radius 2 is 2.00 bits per heavy atom. The lowest BCUT2D eigenvalue weighted by atomic mass is 9.96. The molecule has 0 radical (unpaired) electrons. The van der Waals surface area contributed by atoms with Crippen LogP contribution in [0.25, 0.3) is 0 Å². The standard InChI is InChI=1S/C25H31F2N3O2/c1-29-10-8-18(9-11-29)16-30(17-21-5-6-22(26)14-23(21)27)25(31)28-15-19-4-7-24-20(13-19)3-2-12-32-24/h4-7,13-14,18H,2-3,8-12,15-17H2,1H3,(H,28,31). The van der Waals surface area contributed by atoms with Crippen LogP contribution in [-0.2, 0) is 19.5 Å². The molecule has 0 aromatic heterocycles. The smallest absolute Gasteiger partial charge is 0.317 e. The predicted molar refractivity (Wildman–Crippen MR) is 119 cm³/mol. The SMILES string of the molecule is CN1CCC(CN(Cc2ccc(F)cc2F)C(=O)NCc2ccc3c(c2)CCCO3)CC1. The molecule has 1 saturated heterocycles. The van der Waals surface area contributed by atoms with Gasteiger partial charge in [-0.2, -0.15) is 0 Å². The number of hydrogen-bond donors (Lipinski definition) is 1. The molecule has 0 saturated carbocycles. The number of aryl methyl sites for hydroxylation is 1. The van der Waals surface area contributed by atoms with Gasteiger partial charge in [0.15, 0.2) is 0 Å². The predicted octanol–water partition coefficient (Wildman–Crippen LogP) is 4.34. The quantitative estimate of drug-likeness (QED) is 0.722. The molecule has 0 spiro atoms. The van der Waals surface area contributed by atoms with E-state index in [1.807, 2.05) is 12.1 Å². The van der Waals surface area contributed by atoms with Crippen LogP contribution in [0.1, 0.15) is 36.0 Å². The molecule has 7 heteroatoms. The highest BCUT2D eigenvalue weighted by molar-refractivity contribution is 5.74. The molecule has 0 aliphatic carbocycles. The first-order valence-corrected chi connectivity index (χ1v) is 11.4. The molecule has 0 bridgehead atoms. The summed E-state index contributed by atoms with van der Waals surface area (Å²) >= 11 is 0. The Labute approximate surface area is 188 Å². The van der Waals surface area contributed by atoms with E-state index in [2.05, 4.69) is 23.3 Å². The first-order chi connectivity index (χ1) is 15.5. The molecule has 0 atom stereocenters. The monoisotopic (exact) mass is 443 g/mol. The first-order valence-electron chi connectivity index (χ1n) is 11.4. The van der Waals surface area contributed by atoms with Crippen LogP contribution in [0.2, 0.25) is 0 Å². The minimum absolute atomic E-state index is 0.113. The van der Waals surface area contributed by atoms with Gasteiger partial charge >= 0.3 is 6.03 Å². The highest BCUT2D eigenvalue weighted by Gasteiger charge is 2.24. The number of rotatable bonds is 6. The average molecular weight is 444 g/mol. The third-order valence-corrected chi connectivity index (χ3v) is 6.40. The number of fused-ring (bicyclic) bond motifs is 1. The van der Waals surface area contributed by atoms with E-state index in [0.717, 1.165) is 62.8 Å². The molecule has 2 aliphatic rings. The Balaban J connectivity index is 1.43. The number of nitrogens with one attached hydrogen (secondary N) is 1. The summed E-state index contributed by atoms with van der Waals surface area (Å²) in [6.45, 7) is 3.78. The molecule has 2 aromatic carbocycles. The maximum atomic E-state index is 14.3. The summed E-state index contributed by atoms with van der Waals surface area (Å²) < 4.78 is 33.3. The van der Waals surface area contributed by atoms with E-state index in [1.54, 1.807) is 4.90 Å². The van der Waals surface area contributed by atoms with E-state index in [1.165, 1.54) is 17.7 Å². The maximum absolute atomic E-state index is 14.3. The summed E-state index contributed by atoms with van der Waals surface area (Å²) in [5.74, 6) is 0.0400. The second-order valence-electron chi connectivity index (χ2n) is 8.92. The van der Waals surface area contributed by atoms with Crippen LogP contribution in [0.3, 0.4) is 0 Å². The van der Waals surface area contributed by atoms with Crippen molar-refractivity contribution in [2.45, 2.75) is 38.8 Å². The first kappa shape index (κ1) is 22.5. The average Bonchev–Trinajstić information content (AvgIpc) is 2.80. The molecule has 172 valence electrons. The molecule has 1 N–H and O–H groups in total. The molecular weight excluding hydrogens is 412 g/mol. The Morgan fingerprint density at radius 1 is 1.19 bits per heavy atom. The topological polar surface area (TPSA) is 44.8 Å². The van der Waals surface area contributed by atoms with Crippen molar-refractivity contribution in [1.29, 1.82) is 0 Å². The normalized spacial score (nSPS) is 16.8. The Bertz CT molecular complexity index is 945. The second-order valence-corrected chi connectivity index (χ2v) is 8.92. The number of likely N-dealkylation sites (tertiary alicyclic amines) is 1. The van der Waals surface area contributed by atoms with Crippen LogP contribution < -0.4 is 10.1 Å². The van der Waals surface area contributed by atoms with E-state index in [0.29, 0.717) is 24.6 Å². The zero-order valence-corrected chi connectivity index (χ0v) is 18.6. The van der Waals surface area contributed by atoms with E-state index >= 15 is 0 Å². The van der Waals surface area contributed by atoms with Crippen molar-refractivity contribution in [1.82, 2.24) is 15.1 Å². The van der Waals surface area contributed by atoms with Gasteiger partial charge in [0.2, 0.25) is 0 Å². The molecular formula is C25H31F2N3O2. The molecule has 1 fully saturated rings. The molecule has 2 aromatic rings. The van der Waals surface area contributed by atoms with Crippen molar-refractivity contribution in [2.24, 2.45) is 5.92 Å². The van der Waals surface area contributed by atoms with Crippen LogP contribution in [0.5, 0.6) is 5.75 Å². The Morgan fingerprint density at radius 3 is 2.78 bits per heavy atom. The van der Waals surface area contributed by atoms with Gasteiger partial charge in [-0.3, -0.25) is 0 Å². The summed E-state index contributed by atoms with van der Waals surface area (Å²) in [5, 5.41) is 2.99. The molecule has 0 unspecified atom stereocenters. The fraction of sp³-hybridized carbons (Fsp3) is 0.480. The van der Waals surface area contributed by atoms with Gasteiger partial charge in [-0.15, -0.1) is 0 Å². The lowest BCUT2D eigenvalue weighted by Crippen LogP contribution is -2.44. The summed E-state index contributed by atoms with van der Waals surface area (Å²) in [7, 11) is 2.10. The van der Waals surface area contributed by atoms with Crippen molar-refractivity contribution in [3.63, 3.8) is 0 Å². The lowest BCUT2D eigenvalue weighted by Gasteiger charge is -2.33. The fourth-order valence-corrected chi connectivity index (χ4v) is 4.44. The number of benzene rings is 2. The number of amides is 2. The highest BCUT2D eigenvalue weighted by Crippen LogP contribution is 2.25. The van der Waals surface area contributed by atoms with E-state index < -0.39 is 11.6 Å². The van der Waals surface area contributed by atoms with Gasteiger partial charge in [0.05, 0.1) is 13.2 Å². The van der Waals surface area contributed by atoms with Crippen LogP contribution in [0.15, 0.2) is 36.4 Å². The minimum Gasteiger partial charge on any atom is -0.493 e. The number of urea groups is 1. The molecule has 4 rings (SSSR count). The van der Waals surface area contributed by atoms with Gasteiger partial charge < -0.3 is 19.9 Å². The van der Waals surface area contributed by atoms with Crippen LogP contribution >= 0.6 is 0 Å². The van der Waals surface area contributed by atoms with Crippen molar-refractivity contribution in [2.75, 3.05) is 33.3 Å². The number of hydrogen-bond acceptors (Lipinski definition) is 3. The molecule has 2 heterocycles. The number of piperidine rings is 1. The summed E-state index contributed by atoms with van der Waals surface area (Å²) in [4.78, 5) is 17.0. The summed E-state index contributed by atoms with van der Waals surface area (Å²) in [6.07, 6.45) is 3.97. The molecule has 5 nitrogen and oxygen atoms in total. The number of ether oxygens (including phenoxy) is 1. The molecule has 2 aliphatic heterocycles. The van der Waals surface area contributed by atoms with Gasteiger partial charge in [-0.25, -0.2) is 13.6 Å². The van der Waals surface area contributed by atoms with Crippen molar-refractivity contribution in [3.05, 3.63) is 64.7 Å². The van der Waals surface area contributed by atoms with E-state index in [-0.39, 0.29) is 12.6 Å². The van der Waals surface area contributed by atoms with Crippen molar-refractivity contribution in [3.8, 4) is 5.75 Å².